The van der Waals surface area contributed by atoms with E-state index in [9.17, 15) is 13.6 Å². The van der Waals surface area contributed by atoms with Gasteiger partial charge in [0, 0.05) is 38.9 Å². The molecule has 0 bridgehead atoms. The summed E-state index contributed by atoms with van der Waals surface area (Å²) in [4.78, 5) is 15.3. The van der Waals surface area contributed by atoms with Crippen LogP contribution in [0.25, 0.3) is 0 Å². The van der Waals surface area contributed by atoms with Gasteiger partial charge in [0.1, 0.15) is 11.6 Å². The largest absolute Gasteiger partial charge is 0.381 e. The molecule has 7 heteroatoms. The van der Waals surface area contributed by atoms with Gasteiger partial charge < -0.3 is 9.64 Å². The lowest BCUT2D eigenvalue weighted by Crippen LogP contribution is -2.49. The molecule has 5 nitrogen and oxygen atoms in total. The number of rotatable bonds is 9. The molecule has 2 saturated heterocycles. The van der Waals surface area contributed by atoms with Crippen LogP contribution in [0.3, 0.4) is 0 Å². The zero-order valence-electron chi connectivity index (χ0n) is 19.9. The Morgan fingerprint density at radius 2 is 1.79 bits per heavy atom. The fourth-order valence-electron chi connectivity index (χ4n) is 5.24. The van der Waals surface area contributed by atoms with E-state index in [-0.39, 0.29) is 23.6 Å². The second kappa shape index (κ2) is 11.4. The number of ether oxygens (including phenoxy) is 1. The van der Waals surface area contributed by atoms with Gasteiger partial charge >= 0.3 is 0 Å². The molecule has 1 amide bonds. The van der Waals surface area contributed by atoms with E-state index in [1.807, 2.05) is 30.1 Å². The lowest BCUT2D eigenvalue weighted by atomic mass is 9.73. The minimum absolute atomic E-state index is 0.0604. The first-order valence-corrected chi connectivity index (χ1v) is 12.3. The summed E-state index contributed by atoms with van der Waals surface area (Å²) < 4.78 is 32.6. The van der Waals surface area contributed by atoms with Crippen molar-refractivity contribution in [1.82, 2.24) is 15.8 Å². The molecule has 0 aromatic heterocycles. The molecule has 2 aliphatic heterocycles. The molecule has 0 aliphatic carbocycles. The smallest absolute Gasteiger partial charge is 0.233 e. The first kappa shape index (κ1) is 24.8. The molecule has 0 radical (unpaired) electrons. The third-order valence-electron chi connectivity index (χ3n) is 7.28. The monoisotopic (exact) mass is 471 g/mol. The van der Waals surface area contributed by atoms with Crippen LogP contribution >= 0.6 is 0 Å². The fourth-order valence-corrected chi connectivity index (χ4v) is 5.24. The third kappa shape index (κ3) is 5.82. The Morgan fingerprint density at radius 1 is 1.03 bits per heavy atom. The zero-order chi connectivity index (χ0) is 24.0. The Morgan fingerprint density at radius 3 is 2.53 bits per heavy atom. The van der Waals surface area contributed by atoms with Crippen molar-refractivity contribution in [3.05, 3.63) is 71.3 Å². The number of amides is 1. The van der Waals surface area contributed by atoms with E-state index < -0.39 is 5.41 Å². The van der Waals surface area contributed by atoms with E-state index in [1.54, 1.807) is 6.07 Å². The highest BCUT2D eigenvalue weighted by atomic mass is 19.1. The average molecular weight is 472 g/mol. The number of hydrogen-bond donors (Lipinski definition) is 2. The molecule has 2 heterocycles. The topological polar surface area (TPSA) is 53.6 Å². The summed E-state index contributed by atoms with van der Waals surface area (Å²) in [6.45, 7) is 1.71. The molecular formula is C27H35F2N3O2. The molecule has 34 heavy (non-hydrogen) atoms. The number of unbranched alkanes of at least 4 members (excludes halogenated alkanes) is 2. The molecule has 2 atom stereocenters. The molecule has 0 saturated carbocycles. The van der Waals surface area contributed by atoms with Crippen LogP contribution in [0.2, 0.25) is 0 Å². The third-order valence-corrected chi connectivity index (χ3v) is 7.28. The highest BCUT2D eigenvalue weighted by Gasteiger charge is 2.43. The highest BCUT2D eigenvalue weighted by molar-refractivity contribution is 5.88. The summed E-state index contributed by atoms with van der Waals surface area (Å²) in [5.41, 5.74) is 7.81. The van der Waals surface area contributed by atoms with Crippen molar-refractivity contribution in [3.63, 3.8) is 0 Å². The number of carbonyl (C=O) groups excluding carboxylic acids is 1. The molecular weight excluding hydrogens is 436 g/mol. The summed E-state index contributed by atoms with van der Waals surface area (Å²) in [6, 6.07) is 13.7. The number of nitrogens with one attached hydrogen (secondary N) is 2. The quantitative estimate of drug-likeness (QED) is 0.523. The number of nitrogens with zero attached hydrogens (tertiary/aromatic N) is 1. The molecule has 2 aliphatic rings. The Hall–Kier alpha value is -2.35. The second-order valence-corrected chi connectivity index (χ2v) is 9.61. The van der Waals surface area contributed by atoms with Crippen LogP contribution in [-0.4, -0.2) is 43.7 Å². The predicted octanol–water partition coefficient (Wildman–Crippen LogP) is 4.64. The lowest BCUT2D eigenvalue weighted by Gasteiger charge is -2.39. The summed E-state index contributed by atoms with van der Waals surface area (Å²) in [6.07, 6.45) is 6.21. The van der Waals surface area contributed by atoms with Crippen LogP contribution in [0.4, 0.5) is 8.78 Å². The minimum atomic E-state index is -0.704. The highest BCUT2D eigenvalue weighted by Crippen LogP contribution is 2.37. The van der Waals surface area contributed by atoms with Gasteiger partial charge in [-0.05, 0) is 67.5 Å². The van der Waals surface area contributed by atoms with Gasteiger partial charge in [-0.15, -0.1) is 0 Å². The van der Waals surface area contributed by atoms with Gasteiger partial charge in [-0.1, -0.05) is 37.1 Å². The Balaban J connectivity index is 1.22. The van der Waals surface area contributed by atoms with Crippen LogP contribution in [0.1, 0.15) is 62.1 Å². The maximum absolute atomic E-state index is 13.9. The van der Waals surface area contributed by atoms with E-state index in [0.29, 0.717) is 38.6 Å². The number of carbonyl (C=O) groups is 1. The van der Waals surface area contributed by atoms with E-state index in [1.165, 1.54) is 24.3 Å². The van der Waals surface area contributed by atoms with Gasteiger partial charge in [0.2, 0.25) is 5.91 Å². The maximum Gasteiger partial charge on any atom is 0.233 e. The van der Waals surface area contributed by atoms with Gasteiger partial charge in [-0.2, -0.15) is 0 Å². The van der Waals surface area contributed by atoms with Crippen LogP contribution < -0.4 is 10.9 Å². The summed E-state index contributed by atoms with van der Waals surface area (Å²) in [5.74, 6) is -0.464. The molecule has 2 N–H and O–H groups in total. The molecule has 2 aromatic carbocycles. The SMILES string of the molecule is CN(CCCCCC1CC(c2ccc(F)cc2)NN1)C(=O)C1(c2cccc(F)c2)CCOCC1. The van der Waals surface area contributed by atoms with E-state index in [2.05, 4.69) is 10.9 Å². The number of hydrogen-bond acceptors (Lipinski definition) is 4. The van der Waals surface area contributed by atoms with Gasteiger partial charge in [-0.3, -0.25) is 15.6 Å². The molecule has 4 rings (SSSR count). The zero-order valence-corrected chi connectivity index (χ0v) is 19.9. The predicted molar refractivity (Wildman–Crippen MR) is 128 cm³/mol. The minimum Gasteiger partial charge on any atom is -0.381 e. The molecule has 2 fully saturated rings. The number of halogens is 2. The standard InChI is InChI=1S/C27H35F2N3O2/c1-32(26(33)27(13-16-34-17-14-27)21-6-5-7-23(29)18-21)15-4-2-3-8-24-19-25(31-30-24)20-9-11-22(28)12-10-20/h5-7,9-12,18,24-25,30-31H,2-4,8,13-17,19H2,1H3. The van der Waals surface area contributed by atoms with E-state index in [4.69, 9.17) is 4.74 Å². The van der Waals surface area contributed by atoms with Crippen molar-refractivity contribution in [1.29, 1.82) is 0 Å². The van der Waals surface area contributed by atoms with Gasteiger partial charge in [0.05, 0.1) is 5.41 Å². The summed E-state index contributed by atoms with van der Waals surface area (Å²) in [7, 11) is 1.86. The second-order valence-electron chi connectivity index (χ2n) is 9.61. The molecule has 2 unspecified atom stereocenters. The van der Waals surface area contributed by atoms with Crippen molar-refractivity contribution in [3.8, 4) is 0 Å². The Bertz CT molecular complexity index is 947. The van der Waals surface area contributed by atoms with E-state index >= 15 is 0 Å². The first-order chi connectivity index (χ1) is 16.5. The van der Waals surface area contributed by atoms with Crippen LogP contribution in [0.5, 0.6) is 0 Å². The van der Waals surface area contributed by atoms with Crippen LogP contribution in [0.15, 0.2) is 48.5 Å². The van der Waals surface area contributed by atoms with Gasteiger partial charge in [-0.25, -0.2) is 8.78 Å². The van der Waals surface area contributed by atoms with Gasteiger partial charge in [0.25, 0.3) is 0 Å². The Labute approximate surface area is 200 Å². The van der Waals surface area contributed by atoms with E-state index in [0.717, 1.165) is 43.2 Å². The Kier molecular flexibility index (Phi) is 8.29. The first-order valence-electron chi connectivity index (χ1n) is 12.3. The number of benzene rings is 2. The van der Waals surface area contributed by atoms with Crippen LogP contribution in [0, 0.1) is 11.6 Å². The van der Waals surface area contributed by atoms with Gasteiger partial charge in [0.15, 0.2) is 0 Å². The lowest BCUT2D eigenvalue weighted by molar-refractivity contribution is -0.140. The molecule has 0 spiro atoms. The molecule has 2 aromatic rings. The number of hydrazine groups is 1. The van der Waals surface area contributed by atoms with Crippen LogP contribution in [-0.2, 0) is 14.9 Å². The average Bonchev–Trinajstić information content (AvgIpc) is 3.33. The normalized spacial score (nSPS) is 22.0. The maximum atomic E-state index is 13.9. The van der Waals surface area contributed by atoms with Crippen molar-refractivity contribution < 1.29 is 18.3 Å². The fraction of sp³-hybridized carbons (Fsp3) is 0.519. The van der Waals surface area contributed by atoms with Crippen molar-refractivity contribution in [2.45, 2.75) is 62.4 Å². The van der Waals surface area contributed by atoms with Crippen molar-refractivity contribution in [2.24, 2.45) is 0 Å². The van der Waals surface area contributed by atoms with Crippen molar-refractivity contribution >= 4 is 5.91 Å². The summed E-state index contributed by atoms with van der Waals surface area (Å²) in [5, 5.41) is 0. The summed E-state index contributed by atoms with van der Waals surface area (Å²) >= 11 is 0. The number of likely N-dealkylation sites (N-methyl/N-ethyl adjacent to an activating group) is 1. The molecule has 184 valence electrons. The van der Waals surface area contributed by atoms with Crippen molar-refractivity contribution in [2.75, 3.05) is 26.8 Å².